The largest absolute Gasteiger partial charge is 0.494 e. The first-order chi connectivity index (χ1) is 8.13. The van der Waals surface area contributed by atoms with Gasteiger partial charge in [0.15, 0.2) is 5.84 Å². The van der Waals surface area contributed by atoms with Gasteiger partial charge in [-0.1, -0.05) is 5.16 Å². The molecule has 94 valence electrons. The molecule has 0 aliphatic carbocycles. The normalized spacial score (nSPS) is 11.8. The number of rotatable bonds is 6. The number of hydrogen-bond acceptors (Lipinski definition) is 4. The van der Waals surface area contributed by atoms with E-state index in [0.717, 1.165) is 18.7 Å². The van der Waals surface area contributed by atoms with E-state index in [-0.39, 0.29) is 5.84 Å². The molecule has 0 aliphatic heterocycles. The SMILES string of the molecule is CN(C)CCCOc1ccc(/C(N)=N/O)cc1. The number of ether oxygens (including phenoxy) is 1. The molecule has 0 heterocycles. The van der Waals surface area contributed by atoms with E-state index in [1.165, 1.54) is 0 Å². The Hall–Kier alpha value is -1.75. The fourth-order valence-electron chi connectivity index (χ4n) is 1.35. The van der Waals surface area contributed by atoms with Crippen molar-refractivity contribution >= 4 is 5.84 Å². The predicted molar refractivity (Wildman–Crippen MR) is 67.6 cm³/mol. The summed E-state index contributed by atoms with van der Waals surface area (Å²) in [4.78, 5) is 2.12. The van der Waals surface area contributed by atoms with E-state index in [1.807, 2.05) is 26.2 Å². The number of amidine groups is 1. The highest BCUT2D eigenvalue weighted by Crippen LogP contribution is 2.12. The zero-order chi connectivity index (χ0) is 12.7. The molecular formula is C12H19N3O2. The minimum Gasteiger partial charge on any atom is -0.494 e. The summed E-state index contributed by atoms with van der Waals surface area (Å²) < 4.78 is 5.55. The van der Waals surface area contributed by atoms with Crippen molar-refractivity contribution in [2.75, 3.05) is 27.2 Å². The molecule has 0 aromatic heterocycles. The van der Waals surface area contributed by atoms with E-state index in [2.05, 4.69) is 10.1 Å². The monoisotopic (exact) mass is 237 g/mol. The van der Waals surface area contributed by atoms with Crippen LogP contribution in [0.25, 0.3) is 0 Å². The lowest BCUT2D eigenvalue weighted by Crippen LogP contribution is -2.15. The number of nitrogens with zero attached hydrogens (tertiary/aromatic N) is 2. The Morgan fingerprint density at radius 2 is 2.00 bits per heavy atom. The maximum atomic E-state index is 8.51. The van der Waals surface area contributed by atoms with Gasteiger partial charge in [0.05, 0.1) is 6.61 Å². The molecule has 0 unspecified atom stereocenters. The summed E-state index contributed by atoms with van der Waals surface area (Å²) in [6.07, 6.45) is 0.981. The Morgan fingerprint density at radius 1 is 1.35 bits per heavy atom. The lowest BCUT2D eigenvalue weighted by molar-refractivity contribution is 0.281. The van der Waals surface area contributed by atoms with Gasteiger partial charge >= 0.3 is 0 Å². The third-order valence-electron chi connectivity index (χ3n) is 2.28. The van der Waals surface area contributed by atoms with Gasteiger partial charge in [-0.3, -0.25) is 0 Å². The van der Waals surface area contributed by atoms with Crippen molar-refractivity contribution < 1.29 is 9.94 Å². The van der Waals surface area contributed by atoms with Crippen LogP contribution in [0.1, 0.15) is 12.0 Å². The molecule has 0 amide bonds. The molecule has 3 N–H and O–H groups in total. The highest BCUT2D eigenvalue weighted by Gasteiger charge is 1.99. The first-order valence-corrected chi connectivity index (χ1v) is 5.49. The summed E-state index contributed by atoms with van der Waals surface area (Å²) in [5.41, 5.74) is 6.13. The van der Waals surface area contributed by atoms with Crippen molar-refractivity contribution in [2.24, 2.45) is 10.9 Å². The third-order valence-corrected chi connectivity index (χ3v) is 2.28. The molecule has 0 radical (unpaired) electrons. The Morgan fingerprint density at radius 3 is 2.53 bits per heavy atom. The topological polar surface area (TPSA) is 71.1 Å². The second-order valence-electron chi connectivity index (χ2n) is 4.01. The number of oxime groups is 1. The van der Waals surface area contributed by atoms with E-state index >= 15 is 0 Å². The maximum Gasteiger partial charge on any atom is 0.170 e. The lowest BCUT2D eigenvalue weighted by atomic mass is 10.2. The molecular weight excluding hydrogens is 218 g/mol. The molecule has 0 fully saturated rings. The molecule has 17 heavy (non-hydrogen) atoms. The van der Waals surface area contributed by atoms with Gasteiger partial charge in [0.1, 0.15) is 5.75 Å². The summed E-state index contributed by atoms with van der Waals surface area (Å²) in [6.45, 7) is 1.68. The lowest BCUT2D eigenvalue weighted by Gasteiger charge is -2.10. The number of hydrogen-bond donors (Lipinski definition) is 2. The van der Waals surface area contributed by atoms with Gasteiger partial charge in [0.25, 0.3) is 0 Å². The molecule has 5 heteroatoms. The van der Waals surface area contributed by atoms with Crippen molar-refractivity contribution in [3.05, 3.63) is 29.8 Å². The smallest absolute Gasteiger partial charge is 0.170 e. The minimum atomic E-state index is 0.101. The average molecular weight is 237 g/mol. The number of nitrogens with two attached hydrogens (primary N) is 1. The van der Waals surface area contributed by atoms with Crippen LogP contribution in [0, 0.1) is 0 Å². The number of benzene rings is 1. The van der Waals surface area contributed by atoms with E-state index in [0.29, 0.717) is 12.2 Å². The molecule has 0 saturated heterocycles. The molecule has 1 rings (SSSR count). The van der Waals surface area contributed by atoms with Gasteiger partial charge in [0, 0.05) is 12.1 Å². The summed E-state index contributed by atoms with van der Waals surface area (Å²) >= 11 is 0. The quantitative estimate of drug-likeness (QED) is 0.256. The zero-order valence-electron chi connectivity index (χ0n) is 10.3. The van der Waals surface area contributed by atoms with Crippen LogP contribution in [0.5, 0.6) is 5.75 Å². The highest BCUT2D eigenvalue weighted by atomic mass is 16.5. The summed E-state index contributed by atoms with van der Waals surface area (Å²) in [5, 5.41) is 11.4. The molecule has 5 nitrogen and oxygen atoms in total. The van der Waals surface area contributed by atoms with E-state index in [9.17, 15) is 0 Å². The van der Waals surface area contributed by atoms with Gasteiger partial charge in [-0.25, -0.2) is 0 Å². The van der Waals surface area contributed by atoms with Crippen molar-refractivity contribution in [3.63, 3.8) is 0 Å². The van der Waals surface area contributed by atoms with Crippen LogP contribution in [0.15, 0.2) is 29.4 Å². The van der Waals surface area contributed by atoms with E-state index in [1.54, 1.807) is 12.1 Å². The maximum absolute atomic E-state index is 8.51. The second kappa shape index (κ2) is 6.75. The van der Waals surface area contributed by atoms with Gasteiger partial charge in [-0.05, 0) is 44.8 Å². The molecule has 1 aromatic carbocycles. The van der Waals surface area contributed by atoms with E-state index in [4.69, 9.17) is 15.7 Å². The van der Waals surface area contributed by atoms with Crippen molar-refractivity contribution in [1.82, 2.24) is 4.90 Å². The summed E-state index contributed by atoms with van der Waals surface area (Å²) in [7, 11) is 4.07. The van der Waals surface area contributed by atoms with Gasteiger partial charge in [-0.15, -0.1) is 0 Å². The second-order valence-corrected chi connectivity index (χ2v) is 4.01. The zero-order valence-corrected chi connectivity index (χ0v) is 10.3. The minimum absolute atomic E-state index is 0.101. The van der Waals surface area contributed by atoms with Crippen LogP contribution in [0.2, 0.25) is 0 Å². The van der Waals surface area contributed by atoms with Gasteiger partial charge < -0.3 is 20.6 Å². The first-order valence-electron chi connectivity index (χ1n) is 5.49. The fraction of sp³-hybridized carbons (Fsp3) is 0.417. The van der Waals surface area contributed by atoms with E-state index < -0.39 is 0 Å². The van der Waals surface area contributed by atoms with Crippen LogP contribution >= 0.6 is 0 Å². The Balaban J connectivity index is 2.41. The van der Waals surface area contributed by atoms with Crippen LogP contribution in [0.4, 0.5) is 0 Å². The van der Waals surface area contributed by atoms with Crippen LogP contribution < -0.4 is 10.5 Å². The molecule has 0 spiro atoms. The van der Waals surface area contributed by atoms with Crippen LogP contribution in [-0.2, 0) is 0 Å². The third kappa shape index (κ3) is 4.74. The van der Waals surface area contributed by atoms with Gasteiger partial charge in [0.2, 0.25) is 0 Å². The fourth-order valence-corrected chi connectivity index (χ4v) is 1.35. The average Bonchev–Trinajstić information content (AvgIpc) is 2.34. The van der Waals surface area contributed by atoms with Crippen molar-refractivity contribution in [2.45, 2.75) is 6.42 Å². The van der Waals surface area contributed by atoms with Gasteiger partial charge in [-0.2, -0.15) is 0 Å². The van der Waals surface area contributed by atoms with Crippen molar-refractivity contribution in [1.29, 1.82) is 0 Å². The Labute approximate surface area is 101 Å². The molecule has 0 saturated carbocycles. The molecule has 0 bridgehead atoms. The summed E-state index contributed by atoms with van der Waals surface area (Å²) in [5.74, 6) is 0.891. The van der Waals surface area contributed by atoms with Crippen molar-refractivity contribution in [3.8, 4) is 5.75 Å². The Kier molecular flexibility index (Phi) is 5.29. The predicted octanol–water partition coefficient (Wildman–Crippen LogP) is 1.11. The summed E-state index contributed by atoms with van der Waals surface area (Å²) in [6, 6.07) is 7.14. The highest BCUT2D eigenvalue weighted by molar-refractivity contribution is 5.97. The molecule has 0 atom stereocenters. The standard InChI is InChI=1S/C12H19N3O2/c1-15(2)8-3-9-17-11-6-4-10(5-7-11)12(13)14-16/h4-7,16H,3,8-9H2,1-2H3,(H2,13,14). The Bertz CT molecular complexity index is 361. The molecule has 1 aromatic rings. The first kappa shape index (κ1) is 13.3. The van der Waals surface area contributed by atoms with Crippen LogP contribution in [-0.4, -0.2) is 43.2 Å². The van der Waals surface area contributed by atoms with Crippen LogP contribution in [0.3, 0.4) is 0 Å². The molecule has 0 aliphatic rings.